The zero-order valence-corrected chi connectivity index (χ0v) is 10.4. The smallest absolute Gasteiger partial charge is 0.262 e. The number of nitrogens with one attached hydrogen (secondary N) is 2. The number of carbonyl (C=O) groups excluding carboxylic acids is 1. The van der Waals surface area contributed by atoms with Crippen molar-refractivity contribution in [1.29, 1.82) is 0 Å². The molecular formula is C9H9ClN2O4S. The molecule has 1 aliphatic rings. The number of halogens is 1. The first-order valence-corrected chi connectivity index (χ1v) is 6.50. The fraction of sp³-hybridized carbons (Fsp3) is 0.222. The second kappa shape index (κ2) is 4.17. The quantitative estimate of drug-likeness (QED) is 0.827. The topological polar surface area (TPSA) is 84.5 Å². The summed E-state index contributed by atoms with van der Waals surface area (Å²) in [6, 6.07) is 2.63. The van der Waals surface area contributed by atoms with Gasteiger partial charge in [-0.1, -0.05) is 11.6 Å². The van der Waals surface area contributed by atoms with Gasteiger partial charge < -0.3 is 10.1 Å². The number of benzene rings is 1. The minimum Gasteiger partial charge on any atom is -0.482 e. The van der Waals surface area contributed by atoms with E-state index in [9.17, 15) is 13.2 Å². The fourth-order valence-electron chi connectivity index (χ4n) is 1.40. The zero-order valence-electron chi connectivity index (χ0n) is 8.78. The minimum atomic E-state index is -3.65. The Bertz CT molecular complexity index is 585. The molecule has 0 bridgehead atoms. The summed E-state index contributed by atoms with van der Waals surface area (Å²) in [6.07, 6.45) is 0. The maximum Gasteiger partial charge on any atom is 0.262 e. The molecule has 0 spiro atoms. The standard InChI is InChI=1S/C9H9ClN2O4S/c1-11-17(14,15)8-3-7-6(2-5(8)10)12-9(13)4-16-7/h2-3,11H,4H2,1H3,(H,12,13). The Morgan fingerprint density at radius 3 is 2.82 bits per heavy atom. The average Bonchev–Trinajstić information content (AvgIpc) is 2.27. The molecule has 0 aliphatic carbocycles. The van der Waals surface area contributed by atoms with Crippen LogP contribution in [0.1, 0.15) is 0 Å². The second-order valence-electron chi connectivity index (χ2n) is 3.32. The normalized spacial score (nSPS) is 14.8. The van der Waals surface area contributed by atoms with Crippen LogP contribution in [0.4, 0.5) is 5.69 Å². The van der Waals surface area contributed by atoms with E-state index in [1.807, 2.05) is 0 Å². The maximum absolute atomic E-state index is 11.6. The Kier molecular flexibility index (Phi) is 2.98. The number of amides is 1. The van der Waals surface area contributed by atoms with Crippen LogP contribution in [0.15, 0.2) is 17.0 Å². The number of ether oxygens (including phenoxy) is 1. The van der Waals surface area contributed by atoms with E-state index < -0.39 is 10.0 Å². The summed E-state index contributed by atoms with van der Waals surface area (Å²) in [6.45, 7) is -0.145. The van der Waals surface area contributed by atoms with Crippen LogP contribution in [0.25, 0.3) is 0 Å². The van der Waals surface area contributed by atoms with Crippen LogP contribution in [0.3, 0.4) is 0 Å². The number of fused-ring (bicyclic) bond motifs is 1. The van der Waals surface area contributed by atoms with Gasteiger partial charge in [-0.15, -0.1) is 0 Å². The summed E-state index contributed by atoms with van der Waals surface area (Å²) < 4.78 is 30.5. The van der Waals surface area contributed by atoms with Crippen molar-refractivity contribution in [3.63, 3.8) is 0 Å². The molecule has 8 heteroatoms. The average molecular weight is 277 g/mol. The molecule has 0 saturated carbocycles. The molecule has 1 heterocycles. The highest BCUT2D eigenvalue weighted by atomic mass is 35.5. The third-order valence-electron chi connectivity index (χ3n) is 2.23. The van der Waals surface area contributed by atoms with Crippen LogP contribution in [-0.4, -0.2) is 28.0 Å². The molecular weight excluding hydrogens is 268 g/mol. The summed E-state index contributed by atoms with van der Waals surface area (Å²) in [5.41, 5.74) is 0.362. The Labute approximate surface area is 103 Å². The van der Waals surface area contributed by atoms with E-state index in [-0.39, 0.29) is 28.2 Å². The van der Waals surface area contributed by atoms with E-state index in [0.29, 0.717) is 5.69 Å². The van der Waals surface area contributed by atoms with Gasteiger partial charge in [0.2, 0.25) is 10.0 Å². The van der Waals surface area contributed by atoms with Gasteiger partial charge in [0.05, 0.1) is 10.7 Å². The van der Waals surface area contributed by atoms with Crippen molar-refractivity contribution in [2.75, 3.05) is 19.0 Å². The molecule has 1 aliphatic heterocycles. The lowest BCUT2D eigenvalue weighted by atomic mass is 10.2. The molecule has 6 nitrogen and oxygen atoms in total. The van der Waals surface area contributed by atoms with Crippen LogP contribution < -0.4 is 14.8 Å². The summed E-state index contributed by atoms with van der Waals surface area (Å²) in [7, 11) is -2.37. The van der Waals surface area contributed by atoms with Crippen molar-refractivity contribution in [1.82, 2.24) is 4.72 Å². The van der Waals surface area contributed by atoms with Crippen molar-refractivity contribution in [2.45, 2.75) is 4.90 Å². The molecule has 0 aromatic heterocycles. The Hall–Kier alpha value is -1.31. The van der Waals surface area contributed by atoms with Gasteiger partial charge in [-0.3, -0.25) is 4.79 Å². The molecule has 0 fully saturated rings. The molecule has 17 heavy (non-hydrogen) atoms. The summed E-state index contributed by atoms with van der Waals surface area (Å²) in [5, 5.41) is 2.55. The van der Waals surface area contributed by atoms with Crippen LogP contribution in [0.2, 0.25) is 5.02 Å². The monoisotopic (exact) mass is 276 g/mol. The predicted octanol–water partition coefficient (Wildman–Crippen LogP) is 0.579. The first kappa shape index (κ1) is 12.2. The van der Waals surface area contributed by atoms with Gasteiger partial charge in [-0.2, -0.15) is 0 Å². The molecule has 0 atom stereocenters. The molecule has 0 unspecified atom stereocenters. The highest BCUT2D eigenvalue weighted by molar-refractivity contribution is 7.89. The number of anilines is 1. The van der Waals surface area contributed by atoms with Gasteiger partial charge in [0, 0.05) is 6.07 Å². The summed E-state index contributed by atoms with van der Waals surface area (Å²) >= 11 is 5.85. The van der Waals surface area contributed by atoms with Gasteiger partial charge in [-0.25, -0.2) is 13.1 Å². The molecule has 1 aromatic rings. The lowest BCUT2D eigenvalue weighted by Gasteiger charge is -2.19. The van der Waals surface area contributed by atoms with E-state index in [1.54, 1.807) is 0 Å². The van der Waals surface area contributed by atoms with Crippen LogP contribution >= 0.6 is 11.6 Å². The first-order valence-electron chi connectivity index (χ1n) is 4.64. The van der Waals surface area contributed by atoms with Gasteiger partial charge >= 0.3 is 0 Å². The number of hydrogen-bond donors (Lipinski definition) is 2. The Morgan fingerprint density at radius 2 is 2.18 bits per heavy atom. The molecule has 2 N–H and O–H groups in total. The van der Waals surface area contributed by atoms with Gasteiger partial charge in [0.25, 0.3) is 5.91 Å². The fourth-order valence-corrected chi connectivity index (χ4v) is 2.66. The summed E-state index contributed by atoms with van der Waals surface area (Å²) in [4.78, 5) is 11.0. The molecule has 2 rings (SSSR count). The molecule has 92 valence electrons. The molecule has 0 radical (unpaired) electrons. The largest absolute Gasteiger partial charge is 0.482 e. The van der Waals surface area contributed by atoms with Crippen LogP contribution in [0, 0.1) is 0 Å². The highest BCUT2D eigenvalue weighted by Gasteiger charge is 2.23. The Balaban J connectivity index is 2.56. The third kappa shape index (κ3) is 2.21. The first-order chi connectivity index (χ1) is 7.94. The van der Waals surface area contributed by atoms with Crippen molar-refractivity contribution < 1.29 is 17.9 Å². The zero-order chi connectivity index (χ0) is 12.6. The van der Waals surface area contributed by atoms with Crippen molar-refractivity contribution in [2.24, 2.45) is 0 Å². The molecule has 0 saturated heterocycles. The van der Waals surface area contributed by atoms with Crippen molar-refractivity contribution >= 4 is 33.2 Å². The van der Waals surface area contributed by atoms with E-state index in [4.69, 9.17) is 16.3 Å². The summed E-state index contributed by atoms with van der Waals surface area (Å²) in [5.74, 6) is -0.0272. The second-order valence-corrected chi connectivity index (χ2v) is 5.59. The van der Waals surface area contributed by atoms with Crippen molar-refractivity contribution in [3.05, 3.63) is 17.2 Å². The SMILES string of the molecule is CNS(=O)(=O)c1cc2c(cc1Cl)NC(=O)CO2. The highest BCUT2D eigenvalue weighted by Crippen LogP contribution is 2.35. The molecule has 1 amide bonds. The number of carbonyl (C=O) groups is 1. The van der Waals surface area contributed by atoms with E-state index >= 15 is 0 Å². The van der Waals surface area contributed by atoms with Gasteiger partial charge in [0.1, 0.15) is 10.6 Å². The van der Waals surface area contributed by atoms with Crippen LogP contribution in [0.5, 0.6) is 5.75 Å². The number of sulfonamides is 1. The van der Waals surface area contributed by atoms with E-state index in [2.05, 4.69) is 10.0 Å². The van der Waals surface area contributed by atoms with E-state index in [0.717, 1.165) is 0 Å². The van der Waals surface area contributed by atoms with Gasteiger partial charge in [0.15, 0.2) is 6.61 Å². The lowest BCUT2D eigenvalue weighted by Crippen LogP contribution is -2.26. The number of rotatable bonds is 2. The molecule has 1 aromatic carbocycles. The van der Waals surface area contributed by atoms with E-state index in [1.165, 1.54) is 19.2 Å². The number of hydrogen-bond acceptors (Lipinski definition) is 4. The van der Waals surface area contributed by atoms with Crippen molar-refractivity contribution in [3.8, 4) is 5.75 Å². The van der Waals surface area contributed by atoms with Gasteiger partial charge in [-0.05, 0) is 13.1 Å². The maximum atomic E-state index is 11.6. The Morgan fingerprint density at radius 1 is 1.47 bits per heavy atom. The lowest BCUT2D eigenvalue weighted by molar-refractivity contribution is -0.118. The predicted molar refractivity (Wildman–Crippen MR) is 61.8 cm³/mol. The third-order valence-corrected chi connectivity index (χ3v) is 4.10. The van der Waals surface area contributed by atoms with Crippen LogP contribution in [-0.2, 0) is 14.8 Å². The minimum absolute atomic E-state index is 0.0175.